The molecule has 3 amide bonds. The normalized spacial score (nSPS) is 13.8. The maximum atomic E-state index is 14.5. The fraction of sp³-hybridized carbons (Fsp3) is 0.342. The molecule has 3 heterocycles. The first-order valence-electron chi connectivity index (χ1n) is 33.0. The molecule has 9 aromatic rings. The largest absolute Gasteiger partial charge is 0.573 e. The van der Waals surface area contributed by atoms with Crippen molar-refractivity contribution in [3.63, 3.8) is 0 Å². The molecule has 0 aliphatic rings. The summed E-state index contributed by atoms with van der Waals surface area (Å²) < 4.78 is 132. The van der Waals surface area contributed by atoms with E-state index in [4.69, 9.17) is 34.4 Å². The second kappa shape index (κ2) is 32.9. The second-order valence-electron chi connectivity index (χ2n) is 25.6. The summed E-state index contributed by atoms with van der Waals surface area (Å²) in [5, 5.41) is 9.06. The highest BCUT2D eigenvalue weighted by molar-refractivity contribution is 6.18. The Bertz CT molecular complexity index is 4130. The van der Waals surface area contributed by atoms with Crippen LogP contribution in [0.1, 0.15) is 114 Å². The van der Waals surface area contributed by atoms with Gasteiger partial charge >= 0.3 is 19.1 Å². The van der Waals surface area contributed by atoms with Crippen LogP contribution in [0.4, 0.5) is 56.6 Å². The van der Waals surface area contributed by atoms with E-state index in [1.807, 2.05) is 0 Å². The predicted molar refractivity (Wildman–Crippen MR) is 378 cm³/mol. The molecule has 31 heteroatoms. The molecule has 0 aliphatic carbocycles. The summed E-state index contributed by atoms with van der Waals surface area (Å²) in [6.45, 7) is 5.50. The van der Waals surface area contributed by atoms with Crippen molar-refractivity contribution in [3.05, 3.63) is 178 Å². The van der Waals surface area contributed by atoms with Crippen LogP contribution in [0.2, 0.25) is 0 Å². The van der Waals surface area contributed by atoms with Gasteiger partial charge in [-0.05, 0) is 223 Å². The van der Waals surface area contributed by atoms with Gasteiger partial charge in [0.25, 0.3) is 17.7 Å². The van der Waals surface area contributed by atoms with Crippen LogP contribution >= 0.6 is 12.4 Å². The molecule has 3 atom stereocenters. The number of amides is 3. The van der Waals surface area contributed by atoms with Crippen LogP contribution in [0.3, 0.4) is 0 Å². The summed E-state index contributed by atoms with van der Waals surface area (Å²) in [7, 11) is 0. The van der Waals surface area contributed by atoms with Crippen LogP contribution in [0.25, 0.3) is 32.7 Å². The summed E-state index contributed by atoms with van der Waals surface area (Å²) >= 11 is 0. The van der Waals surface area contributed by atoms with Gasteiger partial charge in [0.05, 0.1) is 0 Å². The number of fused-ring (bicyclic) bond motifs is 3. The summed E-state index contributed by atoms with van der Waals surface area (Å²) in [5.74, 6) is -7.17. The van der Waals surface area contributed by atoms with Crippen molar-refractivity contribution in [3.8, 4) is 17.2 Å². The maximum Gasteiger partial charge on any atom is 0.573 e. The van der Waals surface area contributed by atoms with Crippen molar-refractivity contribution in [2.45, 2.75) is 139 Å². The van der Waals surface area contributed by atoms with Crippen molar-refractivity contribution in [2.24, 2.45) is 34.4 Å². The Morgan fingerprint density at radius 1 is 0.385 bits per heavy atom. The number of hydrogen-bond donors (Lipinski definition) is 12. The number of alkyl halides is 9. The van der Waals surface area contributed by atoms with Crippen molar-refractivity contribution < 1.29 is 82.5 Å². The fourth-order valence-corrected chi connectivity index (χ4v) is 12.7. The van der Waals surface area contributed by atoms with Gasteiger partial charge < -0.3 is 79.5 Å². The van der Waals surface area contributed by atoms with Crippen LogP contribution in [-0.2, 0) is 48.0 Å². The number of nitrogens with two attached hydrogens (primary N) is 6. The number of aryl methyl sites for hydroxylation is 3. The predicted octanol–water partition coefficient (Wildman–Crippen LogP) is 12.1. The number of H-pyrrole nitrogens is 3. The zero-order valence-corrected chi connectivity index (χ0v) is 57.6. The number of aromatic amines is 3. The number of rotatable bonds is 33. The highest BCUT2D eigenvalue weighted by Gasteiger charge is 2.45. The average molecular weight is 1480 g/mol. The van der Waals surface area contributed by atoms with Gasteiger partial charge in [0.2, 0.25) is 0 Å². The molecule has 9 rings (SSSR count). The number of aromatic nitrogens is 3. The smallest absolute Gasteiger partial charge is 0.406 e. The molecule has 3 aromatic heterocycles. The topological polar surface area (TPSA) is 370 Å². The van der Waals surface area contributed by atoms with Crippen molar-refractivity contribution >= 4 is 97.2 Å². The number of carbonyl (C=O) groups excluding carboxylic acids is 6. The minimum absolute atomic E-state index is 0. The number of hydrogen-bond acceptors (Lipinski definition) is 15. The Morgan fingerprint density at radius 3 is 0.846 bits per heavy atom. The molecule has 0 aliphatic heterocycles. The number of anilines is 3. The number of benzene rings is 6. The van der Waals surface area contributed by atoms with Crippen LogP contribution in [0.5, 0.6) is 17.2 Å². The van der Waals surface area contributed by atoms with Gasteiger partial charge in [-0.15, -0.1) is 51.9 Å². The van der Waals surface area contributed by atoms with Gasteiger partial charge in [0, 0.05) is 92.0 Å². The Labute approximate surface area is 596 Å². The van der Waals surface area contributed by atoms with E-state index in [1.165, 1.54) is 18.2 Å². The minimum atomic E-state index is -5.00. The van der Waals surface area contributed by atoms with E-state index < -0.39 is 113 Å². The average Bonchev–Trinajstić information content (AvgIpc) is 1.57. The third kappa shape index (κ3) is 19.1. The Kier molecular flexibility index (Phi) is 25.3. The first-order chi connectivity index (χ1) is 48.5. The molecule has 0 saturated heterocycles. The van der Waals surface area contributed by atoms with E-state index in [2.05, 4.69) is 45.1 Å². The molecule has 0 spiro atoms. The molecule has 6 aromatic carbocycles. The number of unbranched alkanes of at least 4 members (excludes halogenated alkanes) is 3. The molecule has 0 saturated carbocycles. The van der Waals surface area contributed by atoms with Gasteiger partial charge in [0.1, 0.15) is 17.2 Å². The lowest BCUT2D eigenvalue weighted by atomic mass is 9.83. The van der Waals surface area contributed by atoms with Gasteiger partial charge in [-0.2, -0.15) is 0 Å². The maximum absolute atomic E-state index is 14.5. The Morgan fingerprint density at radius 2 is 0.625 bits per heavy atom. The third-order valence-corrected chi connectivity index (χ3v) is 18.3. The molecule has 0 unspecified atom stereocenters. The molecule has 0 bridgehead atoms. The number of carbonyl (C=O) groups is 6. The van der Waals surface area contributed by atoms with Gasteiger partial charge in [-0.25, -0.2) is 0 Å². The van der Waals surface area contributed by atoms with E-state index in [-0.39, 0.29) is 104 Å². The zero-order chi connectivity index (χ0) is 75.0. The standard InChI is InChI=1S/C73H79F9N12O9.ClH/c1-40-52(55-34-49(101-71(74,75)76)22-25-58(55)89-40)37-61(95)68(86,28-4-7-31-83)65(98)92-46-16-10-43(11-17-46)64(44-12-18-47(19-13-44)93-66(99)69(87,29-5-8-32-84)62(96)38-53-41(2)90-59-26-23-50(35-56(53)59)102-72(77,78)79)45-14-20-48(21-15-45)94-67(100)70(88,30-6-9-33-85)63(97)39-54-42(3)91-60-27-24-51(36-57(54)60)103-73(80,81)82;/h10-27,34-36,64,89-91H,4-9,28-33,37-39,83-88H2,1-3H3,(H,92,98)(H,93,99)(H,94,100);1H/t68-,69-,70-;/m0./s1. The lowest BCUT2D eigenvalue weighted by molar-refractivity contribution is -0.275. The van der Waals surface area contributed by atoms with Crippen molar-refractivity contribution in [1.82, 2.24) is 15.0 Å². The number of halogens is 10. The molecular formula is C73H80ClF9N12O9. The first-order valence-corrected chi connectivity index (χ1v) is 33.0. The van der Waals surface area contributed by atoms with E-state index >= 15 is 0 Å². The molecular weight excluding hydrogens is 1400 g/mol. The molecule has 0 fully saturated rings. The fourth-order valence-electron chi connectivity index (χ4n) is 12.7. The quantitative estimate of drug-likeness (QED) is 0.00787. The van der Waals surface area contributed by atoms with Crippen LogP contribution in [-0.4, -0.2) is 105 Å². The van der Waals surface area contributed by atoms with Crippen molar-refractivity contribution in [2.75, 3.05) is 35.6 Å². The van der Waals surface area contributed by atoms with Crippen molar-refractivity contribution in [1.29, 1.82) is 0 Å². The molecule has 18 N–H and O–H groups in total. The van der Waals surface area contributed by atoms with E-state index in [0.29, 0.717) is 86.3 Å². The van der Waals surface area contributed by atoms with Crippen LogP contribution < -0.4 is 64.6 Å². The number of ketones is 3. The summed E-state index contributed by atoms with van der Waals surface area (Å²) in [4.78, 5) is 96.0. The molecule has 104 heavy (non-hydrogen) atoms. The van der Waals surface area contributed by atoms with E-state index in [9.17, 15) is 68.3 Å². The molecule has 0 radical (unpaired) electrons. The first kappa shape index (κ1) is 79.9. The zero-order valence-electron chi connectivity index (χ0n) is 56.8. The number of ether oxygens (including phenoxy) is 3. The summed E-state index contributed by atoms with van der Waals surface area (Å²) in [5.41, 5.74) is 37.1. The third-order valence-electron chi connectivity index (χ3n) is 18.3. The van der Waals surface area contributed by atoms with Crippen LogP contribution in [0, 0.1) is 20.8 Å². The summed E-state index contributed by atoms with van der Waals surface area (Å²) in [6, 6.07) is 30.3. The van der Waals surface area contributed by atoms with Gasteiger partial charge in [-0.1, -0.05) is 36.4 Å². The molecule has 556 valence electrons. The van der Waals surface area contributed by atoms with E-state index in [1.54, 1.807) is 93.6 Å². The Balaban J connectivity index is 0.0000137. The highest BCUT2D eigenvalue weighted by atomic mass is 35.5. The summed E-state index contributed by atoms with van der Waals surface area (Å²) in [6.07, 6.45) is -14.9. The lowest BCUT2D eigenvalue weighted by Gasteiger charge is -2.28. The second-order valence-corrected chi connectivity index (χ2v) is 25.6. The van der Waals surface area contributed by atoms with Gasteiger partial charge in [-0.3, -0.25) is 28.8 Å². The SMILES string of the molecule is Cc1[nH]c2ccc(OC(F)(F)F)cc2c1CC(=O)[C@@](N)(CCCCN)C(=O)Nc1ccc(C(c2ccc(NC(=O)[C@](N)(CCCCN)C(=O)Cc3c(C)[nH]c4ccc(OC(F)(F)F)cc34)cc2)c2ccc(NC(=O)[C@](N)(CCCCN)C(=O)Cc3c(C)[nH]c4ccc(OC(F)(F)F)cc34)cc2)cc1.Cl. The highest BCUT2D eigenvalue weighted by Crippen LogP contribution is 2.38. The number of nitrogens with one attached hydrogen (secondary N) is 6. The lowest BCUT2D eigenvalue weighted by Crippen LogP contribution is -2.58. The van der Waals surface area contributed by atoms with E-state index in [0.717, 1.165) is 36.4 Å². The molecule has 21 nitrogen and oxygen atoms in total. The minimum Gasteiger partial charge on any atom is -0.406 e. The Hall–Kier alpha value is -9.82. The van der Waals surface area contributed by atoms with Gasteiger partial charge in [0.15, 0.2) is 34.0 Å². The monoisotopic (exact) mass is 1470 g/mol. The number of Topliss-reactive ketones (excluding diaryl/α,β-unsaturated/α-hetero) is 3. The van der Waals surface area contributed by atoms with Crippen LogP contribution in [0.15, 0.2) is 127 Å².